The number of aliphatic hydroxyl groups is 1. The molecule has 1 amide bonds. The Hall–Kier alpha value is -3.36. The number of aromatic amines is 1. The highest BCUT2D eigenvalue weighted by atomic mass is 16.6. The quantitative estimate of drug-likeness (QED) is 0.302. The first-order valence-corrected chi connectivity index (χ1v) is 14.2. The van der Waals surface area contributed by atoms with Gasteiger partial charge < -0.3 is 20.1 Å². The van der Waals surface area contributed by atoms with Crippen molar-refractivity contribution in [2.75, 3.05) is 0 Å². The third kappa shape index (κ3) is 3.51. The number of aromatic nitrogens is 1. The Bertz CT molecular complexity index is 1500. The summed E-state index contributed by atoms with van der Waals surface area (Å²) in [7, 11) is 0. The number of hydrogen-bond acceptors (Lipinski definition) is 6. The second-order valence-electron chi connectivity index (χ2n) is 12.4. The highest BCUT2D eigenvalue weighted by Gasteiger charge is 2.82. The van der Waals surface area contributed by atoms with Crippen LogP contribution in [-0.2, 0) is 30.3 Å². The molecule has 3 fully saturated rings. The lowest BCUT2D eigenvalue weighted by molar-refractivity contribution is -0.191. The molecule has 0 radical (unpaired) electrons. The van der Waals surface area contributed by atoms with E-state index in [4.69, 9.17) is 4.74 Å². The first-order valence-electron chi connectivity index (χ1n) is 14.2. The molecule has 1 saturated carbocycles. The molecule has 1 aromatic heterocycles. The SMILES string of the molecule is C/C1=C/[C@@H](C)C/C=C\[C@H]2[C@H](O)[C@@]3(C)O[C@@]4(Cc5c[nH]c6ccccc56)NC(=O)[C@]2(C(=O)CCC(=O)C1=O)[C@H]4[C@@H]3C. The monoisotopic (exact) mass is 544 g/mol. The molecule has 6 rings (SSSR count). The Balaban J connectivity index is 1.50. The second-order valence-corrected chi connectivity index (χ2v) is 12.4. The van der Waals surface area contributed by atoms with Crippen molar-refractivity contribution in [2.24, 2.45) is 29.1 Å². The van der Waals surface area contributed by atoms with Gasteiger partial charge >= 0.3 is 0 Å². The van der Waals surface area contributed by atoms with Crippen molar-refractivity contribution in [3.05, 3.63) is 59.8 Å². The number of para-hydroxylation sites is 1. The van der Waals surface area contributed by atoms with Crippen LogP contribution in [0.5, 0.6) is 0 Å². The fourth-order valence-electron chi connectivity index (χ4n) is 8.15. The van der Waals surface area contributed by atoms with Crippen LogP contribution < -0.4 is 5.32 Å². The largest absolute Gasteiger partial charge is 0.389 e. The van der Waals surface area contributed by atoms with Crippen molar-refractivity contribution in [3.8, 4) is 0 Å². The number of carbonyl (C=O) groups excluding carboxylic acids is 4. The van der Waals surface area contributed by atoms with Gasteiger partial charge in [-0.05, 0) is 49.3 Å². The molecule has 40 heavy (non-hydrogen) atoms. The topological polar surface area (TPSA) is 126 Å². The number of amides is 1. The molecule has 1 aromatic carbocycles. The van der Waals surface area contributed by atoms with E-state index in [1.807, 2.05) is 57.3 Å². The van der Waals surface area contributed by atoms with Gasteiger partial charge in [-0.25, -0.2) is 0 Å². The first kappa shape index (κ1) is 26.8. The van der Waals surface area contributed by atoms with E-state index in [0.717, 1.165) is 16.5 Å². The molecule has 2 bridgehead atoms. The summed E-state index contributed by atoms with van der Waals surface area (Å²) < 4.78 is 6.78. The number of fused-ring (bicyclic) bond motifs is 2. The Morgan fingerprint density at radius 3 is 2.62 bits per heavy atom. The van der Waals surface area contributed by atoms with Gasteiger partial charge in [0, 0.05) is 48.2 Å². The van der Waals surface area contributed by atoms with Crippen molar-refractivity contribution in [2.45, 2.75) is 70.8 Å². The molecule has 4 aliphatic rings. The average Bonchev–Trinajstić information content (AvgIpc) is 3.48. The van der Waals surface area contributed by atoms with E-state index >= 15 is 0 Å². The number of hydrogen-bond donors (Lipinski definition) is 3. The van der Waals surface area contributed by atoms with E-state index in [-0.39, 0.29) is 24.7 Å². The number of rotatable bonds is 2. The van der Waals surface area contributed by atoms with E-state index in [1.165, 1.54) is 0 Å². The maximum absolute atomic E-state index is 14.3. The number of carbonyl (C=O) groups is 4. The Morgan fingerprint density at radius 1 is 1.10 bits per heavy atom. The van der Waals surface area contributed by atoms with Crippen LogP contribution in [0.3, 0.4) is 0 Å². The van der Waals surface area contributed by atoms with Crippen LogP contribution in [0, 0.1) is 29.1 Å². The molecule has 3 N–H and O–H groups in total. The lowest BCUT2D eigenvalue weighted by atomic mass is 9.50. The number of allylic oxidation sites excluding steroid dienone is 3. The van der Waals surface area contributed by atoms with Crippen molar-refractivity contribution < 1.29 is 29.0 Å². The summed E-state index contributed by atoms with van der Waals surface area (Å²) in [5, 5.41) is 16.0. The standard InChI is InChI=1S/C32H36N2O6/c1-17-8-7-10-22-28(38)30(4)19(3)27-31(40-30,15-20-16-33-23-11-6-5-9-21(20)23)34-29(39)32(22,27)25(36)13-12-24(35)26(37)18(2)14-17/h5-7,9-11,14,16-17,19,22,27-28,33,38H,8,12-13,15H2,1-4H3,(H,34,39)/b10-7-,18-14-/t17-,19-,22-,27-,28-,30-,31+,32+/m0/s1. The summed E-state index contributed by atoms with van der Waals surface area (Å²) in [6.45, 7) is 7.36. The lowest BCUT2D eigenvalue weighted by Gasteiger charge is -2.50. The van der Waals surface area contributed by atoms with Gasteiger partial charge in [-0.15, -0.1) is 0 Å². The fourth-order valence-corrected chi connectivity index (χ4v) is 8.15. The Kier molecular flexibility index (Phi) is 6.09. The van der Waals surface area contributed by atoms with Gasteiger partial charge in [-0.2, -0.15) is 0 Å². The zero-order chi connectivity index (χ0) is 28.6. The molecule has 1 spiro atoms. The van der Waals surface area contributed by atoms with Gasteiger partial charge in [-0.1, -0.05) is 50.3 Å². The van der Waals surface area contributed by atoms with Crippen LogP contribution in [0.4, 0.5) is 0 Å². The molecule has 2 aromatic rings. The first-order chi connectivity index (χ1) is 19.0. The number of aliphatic hydroxyl groups excluding tert-OH is 1. The van der Waals surface area contributed by atoms with E-state index in [0.29, 0.717) is 18.4 Å². The van der Waals surface area contributed by atoms with Crippen molar-refractivity contribution in [1.82, 2.24) is 10.3 Å². The summed E-state index contributed by atoms with van der Waals surface area (Å²) in [4.78, 5) is 57.4. The van der Waals surface area contributed by atoms with Gasteiger partial charge in [0.15, 0.2) is 5.72 Å². The Morgan fingerprint density at radius 2 is 1.85 bits per heavy atom. The fraction of sp³-hybridized carbons (Fsp3) is 0.500. The van der Waals surface area contributed by atoms with E-state index in [1.54, 1.807) is 19.1 Å². The van der Waals surface area contributed by atoms with Crippen LogP contribution in [0.25, 0.3) is 10.9 Å². The maximum atomic E-state index is 14.3. The highest BCUT2D eigenvalue weighted by Crippen LogP contribution is 2.67. The number of ether oxygens (including phenoxy) is 1. The average molecular weight is 545 g/mol. The normalized spacial score (nSPS) is 41.9. The zero-order valence-corrected chi connectivity index (χ0v) is 23.3. The number of Topliss-reactive ketones (excluding diaryl/α,β-unsaturated/α-hetero) is 3. The predicted molar refractivity (Wildman–Crippen MR) is 148 cm³/mol. The summed E-state index contributed by atoms with van der Waals surface area (Å²) in [6.07, 6.45) is 6.50. The van der Waals surface area contributed by atoms with Gasteiger partial charge in [0.25, 0.3) is 0 Å². The Labute approximate surface area is 233 Å². The summed E-state index contributed by atoms with van der Waals surface area (Å²) >= 11 is 0. The molecule has 8 nitrogen and oxygen atoms in total. The van der Waals surface area contributed by atoms with Crippen molar-refractivity contribution in [1.29, 1.82) is 0 Å². The molecule has 3 heterocycles. The minimum atomic E-state index is -1.64. The molecular weight excluding hydrogens is 508 g/mol. The molecule has 0 unspecified atom stereocenters. The molecular formula is C32H36N2O6. The smallest absolute Gasteiger partial charge is 0.237 e. The van der Waals surface area contributed by atoms with Gasteiger partial charge in [-0.3, -0.25) is 19.2 Å². The van der Waals surface area contributed by atoms with Gasteiger partial charge in [0.1, 0.15) is 11.2 Å². The minimum Gasteiger partial charge on any atom is -0.389 e. The molecule has 8 atom stereocenters. The summed E-state index contributed by atoms with van der Waals surface area (Å²) in [5.41, 5.74) is -1.64. The molecule has 2 aliphatic carbocycles. The van der Waals surface area contributed by atoms with E-state index < -0.39 is 57.9 Å². The van der Waals surface area contributed by atoms with Crippen LogP contribution in [0.15, 0.2) is 54.3 Å². The maximum Gasteiger partial charge on any atom is 0.237 e. The predicted octanol–water partition coefficient (Wildman–Crippen LogP) is 3.58. The van der Waals surface area contributed by atoms with Crippen molar-refractivity contribution >= 4 is 34.2 Å². The van der Waals surface area contributed by atoms with Crippen molar-refractivity contribution in [3.63, 3.8) is 0 Å². The third-order valence-corrected chi connectivity index (χ3v) is 10.1. The number of H-pyrrole nitrogens is 1. The van der Waals surface area contributed by atoms with E-state index in [9.17, 15) is 24.3 Å². The summed E-state index contributed by atoms with van der Waals surface area (Å²) in [5.74, 6) is -4.00. The minimum absolute atomic E-state index is 0.0537. The zero-order valence-electron chi connectivity index (χ0n) is 23.3. The second kappa shape index (κ2) is 9.08. The van der Waals surface area contributed by atoms with Crippen LogP contribution >= 0.6 is 0 Å². The van der Waals surface area contributed by atoms with Crippen LogP contribution in [0.1, 0.15) is 52.5 Å². The molecule has 210 valence electrons. The number of benzene rings is 1. The number of ketones is 3. The molecule has 2 aliphatic heterocycles. The van der Waals surface area contributed by atoms with Crippen LogP contribution in [0.2, 0.25) is 0 Å². The highest BCUT2D eigenvalue weighted by molar-refractivity contribution is 6.43. The van der Waals surface area contributed by atoms with Crippen LogP contribution in [-0.4, -0.2) is 50.8 Å². The lowest BCUT2D eigenvalue weighted by Crippen LogP contribution is -2.64. The summed E-state index contributed by atoms with van der Waals surface area (Å²) in [6, 6.07) is 7.87. The van der Waals surface area contributed by atoms with Gasteiger partial charge in [0.05, 0.1) is 11.7 Å². The number of nitrogens with one attached hydrogen (secondary N) is 2. The van der Waals surface area contributed by atoms with E-state index in [2.05, 4.69) is 10.3 Å². The third-order valence-electron chi connectivity index (χ3n) is 10.1. The molecule has 8 heteroatoms. The van der Waals surface area contributed by atoms with Gasteiger partial charge in [0.2, 0.25) is 17.5 Å². The molecule has 2 saturated heterocycles.